The lowest BCUT2D eigenvalue weighted by Crippen LogP contribution is -2.20. The second-order valence-electron chi connectivity index (χ2n) is 14.6. The number of Topliss-reactive ketones (excluding diaryl/α,β-unsaturated/α-hetero) is 2. The fourth-order valence-corrected chi connectivity index (χ4v) is 7.87. The van der Waals surface area contributed by atoms with E-state index in [-0.39, 0.29) is 68.3 Å². The smallest absolute Gasteiger partial charge is 0.229 e. The molecule has 4 aromatic rings. The Kier molecular flexibility index (Phi) is 10.3. The van der Waals surface area contributed by atoms with Crippen LogP contribution >= 0.6 is 0 Å². The number of nitrogens with one attached hydrogen (secondary N) is 2. The Labute approximate surface area is 316 Å². The number of allylic oxidation sites excluding steroid dienone is 4. The number of phenolic OH excluding ortho intramolecular Hbond substituents is 2. The monoisotopic (exact) mass is 724 g/mol. The molecule has 0 saturated carbocycles. The van der Waals surface area contributed by atoms with Crippen LogP contribution in [0.3, 0.4) is 0 Å². The van der Waals surface area contributed by atoms with Crippen molar-refractivity contribution in [2.75, 3.05) is 10.6 Å². The second-order valence-corrected chi connectivity index (χ2v) is 14.6. The highest BCUT2D eigenvalue weighted by molar-refractivity contribution is 6.35. The molecule has 0 aliphatic heterocycles. The van der Waals surface area contributed by atoms with Crippen molar-refractivity contribution in [1.82, 2.24) is 0 Å². The largest absolute Gasteiger partial charge is 0.507 e. The first-order chi connectivity index (χ1) is 25.7. The van der Waals surface area contributed by atoms with E-state index in [1.165, 1.54) is 12.4 Å². The predicted molar refractivity (Wildman–Crippen MR) is 218 cm³/mol. The number of ketones is 2. The summed E-state index contributed by atoms with van der Waals surface area (Å²) in [5, 5.41) is 53.9. The number of aromatic hydroxyl groups is 2. The summed E-state index contributed by atoms with van der Waals surface area (Å²) < 4.78 is 0. The van der Waals surface area contributed by atoms with Crippen molar-refractivity contribution < 1.29 is 30.0 Å². The van der Waals surface area contributed by atoms with Gasteiger partial charge in [0.1, 0.15) is 11.5 Å². The molecule has 54 heavy (non-hydrogen) atoms. The zero-order valence-electron chi connectivity index (χ0n) is 32.1. The molecule has 0 bridgehead atoms. The zero-order chi connectivity index (χ0) is 39.2. The molecule has 0 fully saturated rings. The lowest BCUT2D eigenvalue weighted by Gasteiger charge is -2.29. The second kappa shape index (κ2) is 14.8. The number of hydrogen-bond acceptors (Lipinski definition) is 8. The summed E-state index contributed by atoms with van der Waals surface area (Å²) in [6.45, 7) is 15.2. The summed E-state index contributed by atoms with van der Waals surface area (Å²) in [4.78, 5) is 28.0. The standard InChI is InChI=1S/C46H48N2O6/c1-9-27-15-11-13-17-33(27)47-21-31-39-29(35(23(3)4)45(53)41(31)49)19-25(7)37(43(39)51)38-26(8)20-30-36(24(5)6)46(54)42(50)32(40(30)44(38)52)22-48-34-18-14-12-16-28(34)10-2/h11-24,47-48,51-54H,9-10H2,1-8H3/b31-21-,32-22+. The van der Waals surface area contributed by atoms with Crippen LogP contribution in [0, 0.1) is 25.7 Å². The van der Waals surface area contributed by atoms with Crippen LogP contribution < -0.4 is 10.6 Å². The van der Waals surface area contributed by atoms with E-state index < -0.39 is 11.6 Å². The van der Waals surface area contributed by atoms with Gasteiger partial charge in [0, 0.05) is 57.2 Å². The SMILES string of the molecule is CCc1ccccc1N/C=C1\C(=O)C(O)=C(C(C)C)c2cc(C)c(-c3c(C)cc4c(c3O)/C(=C\Nc3ccccc3CC)C(=O)C(O)=C4C(C)C)c(O)c21. The maximum atomic E-state index is 14.0. The minimum atomic E-state index is -0.638. The average molecular weight is 725 g/mol. The molecule has 278 valence electrons. The van der Waals surface area contributed by atoms with Crippen LogP contribution in [0.1, 0.15) is 86.1 Å². The number of fused-ring (bicyclic) bond motifs is 2. The highest BCUT2D eigenvalue weighted by atomic mass is 16.3. The molecule has 0 aromatic heterocycles. The van der Waals surface area contributed by atoms with Gasteiger partial charge >= 0.3 is 0 Å². The number of rotatable bonds is 9. The Bertz CT molecular complexity index is 2190. The summed E-state index contributed by atoms with van der Waals surface area (Å²) in [5.41, 5.74) is 7.77. The molecule has 0 heterocycles. The Morgan fingerprint density at radius 1 is 0.574 bits per heavy atom. The van der Waals surface area contributed by atoms with Crippen LogP contribution in [-0.2, 0) is 22.4 Å². The molecule has 8 nitrogen and oxygen atoms in total. The first kappa shape index (κ1) is 37.7. The van der Waals surface area contributed by atoms with Gasteiger partial charge in [0.25, 0.3) is 0 Å². The fourth-order valence-electron chi connectivity index (χ4n) is 7.87. The topological polar surface area (TPSA) is 139 Å². The maximum Gasteiger partial charge on any atom is 0.229 e. The summed E-state index contributed by atoms with van der Waals surface area (Å²) >= 11 is 0. The normalized spacial score (nSPS) is 15.8. The van der Waals surface area contributed by atoms with Gasteiger partial charge in [-0.05, 0) is 84.0 Å². The van der Waals surface area contributed by atoms with Crippen molar-refractivity contribution in [2.45, 2.75) is 68.2 Å². The Hall–Kier alpha value is -6.02. The fraction of sp³-hybridized carbons (Fsp3) is 0.261. The van der Waals surface area contributed by atoms with Crippen LogP contribution in [0.4, 0.5) is 11.4 Å². The number of phenols is 2. The van der Waals surface area contributed by atoms with Gasteiger partial charge in [0.15, 0.2) is 11.5 Å². The molecule has 0 radical (unpaired) electrons. The Balaban J connectivity index is 1.63. The van der Waals surface area contributed by atoms with Gasteiger partial charge in [0.2, 0.25) is 11.6 Å². The van der Waals surface area contributed by atoms with Crippen molar-refractivity contribution in [3.63, 3.8) is 0 Å². The molecule has 0 amide bonds. The lowest BCUT2D eigenvalue weighted by atomic mass is 9.75. The van der Waals surface area contributed by atoms with Crippen LogP contribution in [-0.4, -0.2) is 32.0 Å². The number of benzene rings is 4. The quantitative estimate of drug-likeness (QED) is 0.0938. The van der Waals surface area contributed by atoms with E-state index in [1.54, 1.807) is 13.8 Å². The summed E-state index contributed by atoms with van der Waals surface area (Å²) in [5.74, 6) is -3.05. The predicted octanol–water partition coefficient (Wildman–Crippen LogP) is 10.4. The van der Waals surface area contributed by atoms with E-state index in [4.69, 9.17) is 0 Å². The number of aliphatic hydroxyl groups excluding tert-OH is 2. The van der Waals surface area contributed by atoms with E-state index in [1.807, 2.05) is 102 Å². The van der Waals surface area contributed by atoms with Gasteiger partial charge in [0.05, 0.1) is 11.1 Å². The maximum absolute atomic E-state index is 14.0. The highest BCUT2D eigenvalue weighted by Crippen LogP contribution is 2.53. The molecule has 2 aliphatic carbocycles. The number of para-hydroxylation sites is 2. The van der Waals surface area contributed by atoms with Crippen LogP contribution in [0.5, 0.6) is 11.5 Å². The van der Waals surface area contributed by atoms with Gasteiger partial charge in [-0.25, -0.2) is 0 Å². The molecule has 0 spiro atoms. The molecular weight excluding hydrogens is 677 g/mol. The van der Waals surface area contributed by atoms with E-state index >= 15 is 0 Å². The summed E-state index contributed by atoms with van der Waals surface area (Å²) in [7, 11) is 0. The molecule has 0 unspecified atom stereocenters. The first-order valence-electron chi connectivity index (χ1n) is 18.5. The number of hydrogen-bond donors (Lipinski definition) is 6. The molecule has 8 heteroatoms. The van der Waals surface area contributed by atoms with Crippen molar-refractivity contribution in [3.8, 4) is 22.6 Å². The average Bonchev–Trinajstić information content (AvgIpc) is 3.13. The summed E-state index contributed by atoms with van der Waals surface area (Å²) in [6, 6.07) is 19.1. The van der Waals surface area contributed by atoms with Crippen LogP contribution in [0.15, 0.2) is 84.6 Å². The third-order valence-electron chi connectivity index (χ3n) is 10.5. The number of aliphatic hydroxyl groups is 2. The molecule has 0 atom stereocenters. The minimum Gasteiger partial charge on any atom is -0.507 e. The molecule has 6 N–H and O–H groups in total. The third-order valence-corrected chi connectivity index (χ3v) is 10.5. The van der Waals surface area contributed by atoms with Gasteiger partial charge in [-0.2, -0.15) is 0 Å². The van der Waals surface area contributed by atoms with Gasteiger partial charge in [-0.15, -0.1) is 0 Å². The molecule has 0 saturated heterocycles. The molecule has 2 aliphatic rings. The van der Waals surface area contributed by atoms with Gasteiger partial charge in [-0.3, -0.25) is 9.59 Å². The van der Waals surface area contributed by atoms with Crippen molar-refractivity contribution in [1.29, 1.82) is 0 Å². The number of carbonyl (C=O) groups is 2. The van der Waals surface area contributed by atoms with Crippen LogP contribution in [0.2, 0.25) is 0 Å². The first-order valence-corrected chi connectivity index (χ1v) is 18.5. The number of aryl methyl sites for hydroxylation is 4. The van der Waals surface area contributed by atoms with Crippen molar-refractivity contribution >= 4 is 45.2 Å². The van der Waals surface area contributed by atoms with Gasteiger partial charge < -0.3 is 31.1 Å². The molecular formula is C46H48N2O6. The Morgan fingerprint density at radius 3 is 1.26 bits per heavy atom. The summed E-state index contributed by atoms with van der Waals surface area (Å²) in [6.07, 6.45) is 4.53. The highest BCUT2D eigenvalue weighted by Gasteiger charge is 2.38. The lowest BCUT2D eigenvalue weighted by molar-refractivity contribution is -0.113. The van der Waals surface area contributed by atoms with Crippen LogP contribution in [0.25, 0.3) is 33.4 Å². The number of carbonyl (C=O) groups excluding carboxylic acids is 2. The minimum absolute atomic E-state index is 0.0659. The molecule has 4 aromatic carbocycles. The number of anilines is 2. The van der Waals surface area contributed by atoms with Crippen molar-refractivity contribution in [3.05, 3.63) is 129 Å². The van der Waals surface area contributed by atoms with E-state index in [0.29, 0.717) is 33.4 Å². The van der Waals surface area contributed by atoms with Gasteiger partial charge in [-0.1, -0.05) is 90.1 Å². The van der Waals surface area contributed by atoms with E-state index in [9.17, 15) is 30.0 Å². The molecule has 6 rings (SSSR count). The third kappa shape index (κ3) is 6.25. The zero-order valence-corrected chi connectivity index (χ0v) is 32.1. The van der Waals surface area contributed by atoms with E-state index in [2.05, 4.69) is 10.6 Å². The van der Waals surface area contributed by atoms with E-state index in [0.717, 1.165) is 35.3 Å². The Morgan fingerprint density at radius 2 is 0.926 bits per heavy atom. The van der Waals surface area contributed by atoms with Crippen molar-refractivity contribution in [2.24, 2.45) is 11.8 Å².